The fraction of sp³-hybridized carbons (Fsp3) is 0.409. The lowest BCUT2D eigenvalue weighted by Crippen LogP contribution is -2.47. The summed E-state index contributed by atoms with van der Waals surface area (Å²) >= 11 is 0. The van der Waals surface area contributed by atoms with E-state index in [1.807, 2.05) is 42.5 Å². The lowest BCUT2D eigenvalue weighted by molar-refractivity contribution is 0.0166. The topological polar surface area (TPSA) is 73.8 Å². The van der Waals surface area contributed by atoms with Crippen LogP contribution in [0.1, 0.15) is 28.8 Å². The largest absolute Gasteiger partial charge is 0.390 e. The lowest BCUT2D eigenvalue weighted by atomic mass is 10.0. The maximum absolute atomic E-state index is 12.6. The lowest BCUT2D eigenvalue weighted by Gasteiger charge is -2.35. The van der Waals surface area contributed by atoms with Crippen molar-refractivity contribution in [3.8, 4) is 0 Å². The van der Waals surface area contributed by atoms with Crippen molar-refractivity contribution in [3.63, 3.8) is 0 Å². The first-order valence-corrected chi connectivity index (χ1v) is 9.89. The third-order valence-electron chi connectivity index (χ3n) is 5.62. The third-order valence-corrected chi connectivity index (χ3v) is 5.62. The molecule has 3 N–H and O–H groups in total. The number of nitrogens with zero attached hydrogens (tertiary/aromatic N) is 1. The summed E-state index contributed by atoms with van der Waals surface area (Å²) < 4.78 is 5.48. The second kappa shape index (κ2) is 8.73. The molecule has 1 aliphatic carbocycles. The van der Waals surface area contributed by atoms with Gasteiger partial charge in [0.15, 0.2) is 0 Å². The quantitative estimate of drug-likeness (QED) is 0.741. The van der Waals surface area contributed by atoms with Crippen LogP contribution in [0.2, 0.25) is 0 Å². The van der Waals surface area contributed by atoms with Gasteiger partial charge in [0.25, 0.3) is 0 Å². The van der Waals surface area contributed by atoms with Gasteiger partial charge in [-0.1, -0.05) is 54.6 Å². The Morgan fingerprint density at radius 2 is 1.82 bits per heavy atom. The normalized spacial score (nSPS) is 23.0. The second-order valence-electron chi connectivity index (χ2n) is 7.38. The molecule has 2 amide bonds. The number of aliphatic hydroxyl groups is 1. The van der Waals surface area contributed by atoms with E-state index in [1.54, 1.807) is 0 Å². The fourth-order valence-corrected chi connectivity index (χ4v) is 4.15. The molecule has 0 aromatic heterocycles. The molecule has 3 unspecified atom stereocenters. The Morgan fingerprint density at radius 1 is 1.11 bits per heavy atom. The molecule has 1 fully saturated rings. The Kier molecular flexibility index (Phi) is 5.90. The number of urea groups is 1. The van der Waals surface area contributed by atoms with Gasteiger partial charge < -0.3 is 20.5 Å². The van der Waals surface area contributed by atoms with Gasteiger partial charge >= 0.3 is 6.03 Å². The van der Waals surface area contributed by atoms with E-state index < -0.39 is 6.10 Å². The number of nitrogens with one attached hydrogen (secondary N) is 2. The maximum atomic E-state index is 12.6. The molecule has 1 aliphatic heterocycles. The van der Waals surface area contributed by atoms with Crippen LogP contribution in [0.25, 0.3) is 0 Å². The molecule has 1 heterocycles. The first-order valence-electron chi connectivity index (χ1n) is 9.89. The monoisotopic (exact) mass is 381 g/mol. The van der Waals surface area contributed by atoms with Crippen LogP contribution in [-0.2, 0) is 11.2 Å². The number of morpholine rings is 1. The van der Waals surface area contributed by atoms with Gasteiger partial charge in [0, 0.05) is 26.1 Å². The Morgan fingerprint density at radius 3 is 2.61 bits per heavy atom. The molecule has 6 nitrogen and oxygen atoms in total. The zero-order valence-corrected chi connectivity index (χ0v) is 15.9. The van der Waals surface area contributed by atoms with E-state index in [2.05, 4.69) is 27.7 Å². The average molecular weight is 381 g/mol. The van der Waals surface area contributed by atoms with E-state index in [0.717, 1.165) is 24.2 Å². The van der Waals surface area contributed by atoms with Crippen molar-refractivity contribution in [1.82, 2.24) is 15.5 Å². The molecule has 3 atom stereocenters. The molecule has 148 valence electrons. The minimum atomic E-state index is -0.590. The van der Waals surface area contributed by atoms with Crippen LogP contribution >= 0.6 is 0 Å². The van der Waals surface area contributed by atoms with Crippen molar-refractivity contribution >= 4 is 6.03 Å². The number of fused-ring (bicyclic) bond motifs is 1. The van der Waals surface area contributed by atoms with Crippen LogP contribution in [0.5, 0.6) is 0 Å². The number of benzene rings is 2. The minimum absolute atomic E-state index is 0.0941. The smallest absolute Gasteiger partial charge is 0.315 e. The van der Waals surface area contributed by atoms with Gasteiger partial charge in [0.05, 0.1) is 31.4 Å². The summed E-state index contributed by atoms with van der Waals surface area (Å²) in [7, 11) is 0. The number of carbonyl (C=O) groups excluding carboxylic acids is 1. The minimum Gasteiger partial charge on any atom is -0.390 e. The zero-order valence-electron chi connectivity index (χ0n) is 15.9. The van der Waals surface area contributed by atoms with E-state index in [9.17, 15) is 9.90 Å². The summed E-state index contributed by atoms with van der Waals surface area (Å²) in [4.78, 5) is 14.9. The van der Waals surface area contributed by atoms with Crippen LogP contribution < -0.4 is 10.6 Å². The molecule has 0 spiro atoms. The molecule has 0 radical (unpaired) electrons. The molecular formula is C22H27N3O3. The fourth-order valence-electron chi connectivity index (χ4n) is 4.15. The van der Waals surface area contributed by atoms with Crippen molar-refractivity contribution in [2.75, 3.05) is 32.8 Å². The summed E-state index contributed by atoms with van der Waals surface area (Å²) in [5.74, 6) is 0. The van der Waals surface area contributed by atoms with Gasteiger partial charge in [-0.3, -0.25) is 4.90 Å². The second-order valence-corrected chi connectivity index (χ2v) is 7.38. The van der Waals surface area contributed by atoms with E-state index in [-0.39, 0.29) is 18.1 Å². The van der Waals surface area contributed by atoms with Crippen molar-refractivity contribution in [2.24, 2.45) is 0 Å². The average Bonchev–Trinajstić information content (AvgIpc) is 3.05. The van der Waals surface area contributed by atoms with Crippen molar-refractivity contribution in [2.45, 2.75) is 24.6 Å². The summed E-state index contributed by atoms with van der Waals surface area (Å²) in [5.41, 5.74) is 3.27. The summed E-state index contributed by atoms with van der Waals surface area (Å²) in [6.45, 7) is 3.61. The highest BCUT2D eigenvalue weighted by molar-refractivity contribution is 5.75. The third kappa shape index (κ3) is 4.19. The summed E-state index contributed by atoms with van der Waals surface area (Å²) in [5, 5.41) is 16.3. The molecular weight excluding hydrogens is 354 g/mol. The van der Waals surface area contributed by atoms with Crippen LogP contribution in [-0.4, -0.2) is 55.0 Å². The highest BCUT2D eigenvalue weighted by Gasteiger charge is 2.32. The SMILES string of the molecule is O=C(NCC(c1ccccc1)N1CCOCC1)NC1c2ccccc2CC1O. The molecule has 2 aromatic rings. The number of ether oxygens (including phenoxy) is 1. The standard InChI is InChI=1S/C22H27N3O3/c26-20-14-17-8-4-5-9-18(17)21(20)24-22(27)23-15-19(16-6-2-1-3-7-16)25-10-12-28-13-11-25/h1-9,19-21,26H,10-15H2,(H2,23,24,27). The molecule has 0 bridgehead atoms. The van der Waals surface area contributed by atoms with Crippen molar-refractivity contribution in [1.29, 1.82) is 0 Å². The van der Waals surface area contributed by atoms with Gasteiger partial charge in [-0.25, -0.2) is 4.79 Å². The number of amides is 2. The van der Waals surface area contributed by atoms with E-state index in [4.69, 9.17) is 4.74 Å². The predicted octanol–water partition coefficient (Wildman–Crippen LogP) is 2.02. The Labute approximate surface area is 165 Å². The molecule has 1 saturated heterocycles. The van der Waals surface area contributed by atoms with Gasteiger partial charge in [0.2, 0.25) is 0 Å². The molecule has 0 saturated carbocycles. The van der Waals surface area contributed by atoms with Crippen LogP contribution in [0.3, 0.4) is 0 Å². The summed E-state index contributed by atoms with van der Waals surface area (Å²) in [6.07, 6.45) is -0.0195. The number of aliphatic hydroxyl groups excluding tert-OH is 1. The Balaban J connectivity index is 1.40. The zero-order chi connectivity index (χ0) is 19.3. The van der Waals surface area contributed by atoms with Gasteiger partial charge in [-0.2, -0.15) is 0 Å². The molecule has 4 rings (SSSR count). The van der Waals surface area contributed by atoms with Crippen molar-refractivity contribution < 1.29 is 14.6 Å². The van der Waals surface area contributed by atoms with Crippen LogP contribution in [0.4, 0.5) is 4.79 Å². The molecule has 28 heavy (non-hydrogen) atoms. The van der Waals surface area contributed by atoms with Crippen molar-refractivity contribution in [3.05, 3.63) is 71.3 Å². The summed E-state index contributed by atoms with van der Waals surface area (Å²) in [6, 6.07) is 17.6. The van der Waals surface area contributed by atoms with Gasteiger partial charge in [-0.05, 0) is 16.7 Å². The number of hydrogen-bond donors (Lipinski definition) is 3. The molecule has 2 aliphatic rings. The highest BCUT2D eigenvalue weighted by Crippen LogP contribution is 2.31. The number of rotatable bonds is 5. The van der Waals surface area contributed by atoms with Gasteiger partial charge in [0.1, 0.15) is 0 Å². The molecule has 6 heteroatoms. The van der Waals surface area contributed by atoms with E-state index in [1.165, 1.54) is 5.56 Å². The van der Waals surface area contributed by atoms with Crippen LogP contribution in [0, 0.1) is 0 Å². The number of hydrogen-bond acceptors (Lipinski definition) is 4. The molecule has 2 aromatic carbocycles. The Hall–Kier alpha value is -2.41. The Bertz CT molecular complexity index is 793. The van der Waals surface area contributed by atoms with E-state index in [0.29, 0.717) is 26.2 Å². The first-order chi connectivity index (χ1) is 13.7. The van der Waals surface area contributed by atoms with Gasteiger partial charge in [-0.15, -0.1) is 0 Å². The first kappa shape index (κ1) is 18.9. The van der Waals surface area contributed by atoms with E-state index >= 15 is 0 Å². The number of carbonyl (C=O) groups is 1. The van der Waals surface area contributed by atoms with Crippen LogP contribution in [0.15, 0.2) is 54.6 Å². The maximum Gasteiger partial charge on any atom is 0.315 e. The highest BCUT2D eigenvalue weighted by atomic mass is 16.5. The predicted molar refractivity (Wildman–Crippen MR) is 107 cm³/mol.